The van der Waals surface area contributed by atoms with Gasteiger partial charge in [0.2, 0.25) is 0 Å². The Labute approximate surface area is 134 Å². The minimum absolute atomic E-state index is 0.160. The molecule has 0 bridgehead atoms. The number of nitrogens with zero attached hydrogens (tertiary/aromatic N) is 1. The van der Waals surface area contributed by atoms with Gasteiger partial charge in [0.1, 0.15) is 0 Å². The van der Waals surface area contributed by atoms with Gasteiger partial charge in [-0.3, -0.25) is 9.69 Å². The fraction of sp³-hybridized carbons (Fsp3) is 0.615. The number of carbonyl (C=O) groups is 1. The highest BCUT2D eigenvalue weighted by atomic mass is 79.9. The Bertz CT molecular complexity index is 444. The summed E-state index contributed by atoms with van der Waals surface area (Å²) in [5.41, 5.74) is 0.767. The van der Waals surface area contributed by atoms with E-state index in [9.17, 15) is 4.79 Å². The summed E-state index contributed by atoms with van der Waals surface area (Å²) in [7, 11) is 2.00. The van der Waals surface area contributed by atoms with Crippen molar-refractivity contribution in [2.45, 2.75) is 12.8 Å². The predicted molar refractivity (Wildman–Crippen MR) is 85.1 cm³/mol. The van der Waals surface area contributed by atoms with Crippen molar-refractivity contribution in [2.24, 2.45) is 5.92 Å². The number of Topliss-reactive ketones (excluding diaryl/α,β-unsaturated/α-hetero) is 1. The molecule has 1 fully saturated rings. The number of halogens is 2. The van der Waals surface area contributed by atoms with Gasteiger partial charge in [0, 0.05) is 18.7 Å². The molecular formula is C13H17Br2NO2S. The van der Waals surface area contributed by atoms with Crippen LogP contribution in [0.1, 0.15) is 23.2 Å². The molecule has 1 aliphatic heterocycles. The second kappa shape index (κ2) is 7.31. The zero-order chi connectivity index (χ0) is 13.8. The van der Waals surface area contributed by atoms with Gasteiger partial charge < -0.3 is 4.74 Å². The van der Waals surface area contributed by atoms with E-state index in [4.69, 9.17) is 4.74 Å². The zero-order valence-electron chi connectivity index (χ0n) is 10.8. The van der Waals surface area contributed by atoms with Gasteiger partial charge in [-0.1, -0.05) is 0 Å². The third kappa shape index (κ3) is 4.63. The lowest BCUT2D eigenvalue weighted by molar-refractivity contribution is 0.0416. The Morgan fingerprint density at radius 2 is 2.37 bits per heavy atom. The second-order valence-corrected chi connectivity index (χ2v) is 8.69. The average Bonchev–Trinajstić information content (AvgIpc) is 2.69. The fourth-order valence-electron chi connectivity index (χ4n) is 2.32. The van der Waals surface area contributed by atoms with Crippen LogP contribution in [0.5, 0.6) is 0 Å². The maximum atomic E-state index is 12.2. The summed E-state index contributed by atoms with van der Waals surface area (Å²) < 4.78 is 7.35. The number of hydrogen-bond acceptors (Lipinski definition) is 4. The van der Waals surface area contributed by atoms with E-state index in [0.717, 1.165) is 39.3 Å². The monoisotopic (exact) mass is 409 g/mol. The molecule has 1 saturated heterocycles. The lowest BCUT2D eigenvalue weighted by Crippen LogP contribution is -2.34. The molecule has 1 unspecified atom stereocenters. The van der Waals surface area contributed by atoms with Gasteiger partial charge in [-0.2, -0.15) is 0 Å². The largest absolute Gasteiger partial charge is 0.381 e. The van der Waals surface area contributed by atoms with Crippen molar-refractivity contribution in [3.63, 3.8) is 0 Å². The standard InChI is InChI=1S/C13H17Br2NO2S/c1-16(6-9-3-2-4-18-8-9)7-11(17)10-5-12(14)19-13(10)15/h5,9H,2-4,6-8H2,1H3. The second-order valence-electron chi connectivity index (χ2n) is 4.94. The molecular weight excluding hydrogens is 394 g/mol. The Morgan fingerprint density at radius 3 is 2.95 bits per heavy atom. The molecule has 0 aromatic carbocycles. The van der Waals surface area contributed by atoms with Crippen LogP contribution in [0.15, 0.2) is 13.6 Å². The van der Waals surface area contributed by atoms with E-state index in [1.807, 2.05) is 13.1 Å². The number of thiophene rings is 1. The van der Waals surface area contributed by atoms with Gasteiger partial charge in [-0.05, 0) is 63.7 Å². The third-order valence-corrected chi connectivity index (χ3v) is 5.53. The highest BCUT2D eigenvalue weighted by Crippen LogP contribution is 2.32. The number of likely N-dealkylation sites (N-methyl/N-ethyl adjacent to an activating group) is 1. The van der Waals surface area contributed by atoms with E-state index in [1.165, 1.54) is 17.8 Å². The summed E-state index contributed by atoms with van der Waals surface area (Å²) in [6, 6.07) is 1.88. The molecule has 0 amide bonds. The van der Waals surface area contributed by atoms with E-state index in [0.29, 0.717) is 12.5 Å². The van der Waals surface area contributed by atoms with Crippen LogP contribution in [0, 0.1) is 5.92 Å². The van der Waals surface area contributed by atoms with Crippen LogP contribution in [0.4, 0.5) is 0 Å². The van der Waals surface area contributed by atoms with Crippen molar-refractivity contribution in [1.82, 2.24) is 4.90 Å². The first kappa shape index (κ1) is 15.6. The Kier molecular flexibility index (Phi) is 6.02. The quantitative estimate of drug-likeness (QED) is 0.691. The van der Waals surface area contributed by atoms with E-state index in [1.54, 1.807) is 0 Å². The first-order valence-corrected chi connectivity index (χ1v) is 8.71. The molecule has 2 heterocycles. The Balaban J connectivity index is 1.86. The SMILES string of the molecule is CN(CC(=O)c1cc(Br)sc1Br)CC1CCCOC1. The molecule has 1 aromatic heterocycles. The van der Waals surface area contributed by atoms with Crippen LogP contribution in [0.2, 0.25) is 0 Å². The summed E-state index contributed by atoms with van der Waals surface area (Å²) in [6.45, 7) is 3.09. The highest BCUT2D eigenvalue weighted by Gasteiger charge is 2.19. The van der Waals surface area contributed by atoms with E-state index < -0.39 is 0 Å². The molecule has 0 spiro atoms. The molecule has 3 nitrogen and oxygen atoms in total. The number of ether oxygens (including phenoxy) is 1. The van der Waals surface area contributed by atoms with Crippen LogP contribution >= 0.6 is 43.2 Å². The molecule has 2 rings (SSSR count). The summed E-state index contributed by atoms with van der Waals surface area (Å²) in [5.74, 6) is 0.720. The van der Waals surface area contributed by atoms with E-state index >= 15 is 0 Å². The van der Waals surface area contributed by atoms with Crippen molar-refractivity contribution in [3.8, 4) is 0 Å². The smallest absolute Gasteiger partial charge is 0.178 e. The van der Waals surface area contributed by atoms with E-state index in [2.05, 4.69) is 36.8 Å². The molecule has 19 heavy (non-hydrogen) atoms. The summed E-state index contributed by atoms with van der Waals surface area (Å²) in [5, 5.41) is 0. The summed E-state index contributed by atoms with van der Waals surface area (Å²) in [6.07, 6.45) is 2.34. The molecule has 1 atom stereocenters. The van der Waals surface area contributed by atoms with Gasteiger partial charge in [-0.25, -0.2) is 0 Å². The molecule has 0 radical (unpaired) electrons. The van der Waals surface area contributed by atoms with Crippen LogP contribution in [0.25, 0.3) is 0 Å². The van der Waals surface area contributed by atoms with Crippen molar-refractivity contribution in [3.05, 3.63) is 19.2 Å². The van der Waals surface area contributed by atoms with Crippen molar-refractivity contribution in [1.29, 1.82) is 0 Å². The third-order valence-electron chi connectivity index (χ3n) is 3.20. The molecule has 6 heteroatoms. The maximum Gasteiger partial charge on any atom is 0.178 e. The zero-order valence-corrected chi connectivity index (χ0v) is 14.8. The summed E-state index contributed by atoms with van der Waals surface area (Å²) >= 11 is 8.37. The minimum atomic E-state index is 0.160. The number of ketones is 1. The van der Waals surface area contributed by atoms with Gasteiger partial charge in [0.05, 0.1) is 20.7 Å². The predicted octanol–water partition coefficient (Wildman–Crippen LogP) is 3.81. The highest BCUT2D eigenvalue weighted by molar-refractivity contribution is 9.12. The van der Waals surface area contributed by atoms with Gasteiger partial charge in [0.25, 0.3) is 0 Å². The molecule has 0 saturated carbocycles. The first-order chi connectivity index (χ1) is 9.06. The lowest BCUT2D eigenvalue weighted by atomic mass is 10.0. The van der Waals surface area contributed by atoms with Crippen LogP contribution in [-0.2, 0) is 4.74 Å². The van der Waals surface area contributed by atoms with Crippen LogP contribution in [0.3, 0.4) is 0 Å². The Hall–Kier alpha value is 0.250. The lowest BCUT2D eigenvalue weighted by Gasteiger charge is -2.26. The number of rotatable bonds is 5. The molecule has 1 aliphatic rings. The normalized spacial score (nSPS) is 19.9. The van der Waals surface area contributed by atoms with Crippen LogP contribution in [-0.4, -0.2) is 44.0 Å². The molecule has 106 valence electrons. The first-order valence-electron chi connectivity index (χ1n) is 6.30. The molecule has 0 aliphatic carbocycles. The molecule has 1 aromatic rings. The maximum absolute atomic E-state index is 12.2. The van der Waals surface area contributed by atoms with Crippen LogP contribution < -0.4 is 0 Å². The summed E-state index contributed by atoms with van der Waals surface area (Å²) in [4.78, 5) is 14.3. The minimum Gasteiger partial charge on any atom is -0.381 e. The number of hydrogen-bond donors (Lipinski definition) is 0. The molecule has 0 N–H and O–H groups in total. The van der Waals surface area contributed by atoms with Crippen molar-refractivity contribution < 1.29 is 9.53 Å². The van der Waals surface area contributed by atoms with Gasteiger partial charge in [-0.15, -0.1) is 11.3 Å². The van der Waals surface area contributed by atoms with E-state index in [-0.39, 0.29) is 5.78 Å². The fourth-order valence-corrected chi connectivity index (χ4v) is 5.17. The Morgan fingerprint density at radius 1 is 1.58 bits per heavy atom. The number of carbonyl (C=O) groups excluding carboxylic acids is 1. The topological polar surface area (TPSA) is 29.5 Å². The van der Waals surface area contributed by atoms with Crippen molar-refractivity contribution >= 4 is 49.0 Å². The van der Waals surface area contributed by atoms with Crippen molar-refractivity contribution in [2.75, 3.05) is 33.4 Å². The van der Waals surface area contributed by atoms with Gasteiger partial charge >= 0.3 is 0 Å². The van der Waals surface area contributed by atoms with Gasteiger partial charge in [0.15, 0.2) is 5.78 Å². The average molecular weight is 411 g/mol.